The fraction of sp³-hybridized carbons (Fsp3) is 0.182. The molecule has 0 N–H and O–H groups in total. The van der Waals surface area contributed by atoms with Crippen molar-refractivity contribution in [3.63, 3.8) is 0 Å². The fourth-order valence-corrected chi connectivity index (χ4v) is 3.03. The molecular weight excluding hydrogens is 378 g/mol. The van der Waals surface area contributed by atoms with Crippen molar-refractivity contribution in [2.45, 2.75) is 26.7 Å². The molecule has 3 aromatic rings. The first-order valence-electron chi connectivity index (χ1n) is 8.51. The SMILES string of the molecule is Cc1cc(F)c(Cc2cc(F)c(Cc3cc(F)c(C)c(F)c3)c(F)c2)c(F)c1. The van der Waals surface area contributed by atoms with Crippen LogP contribution in [0.3, 0.4) is 0 Å². The van der Waals surface area contributed by atoms with Gasteiger partial charge < -0.3 is 0 Å². The van der Waals surface area contributed by atoms with Crippen molar-refractivity contribution in [2.24, 2.45) is 0 Å². The minimum Gasteiger partial charge on any atom is -0.207 e. The van der Waals surface area contributed by atoms with E-state index in [-0.39, 0.29) is 40.7 Å². The zero-order valence-electron chi connectivity index (χ0n) is 15.1. The molecule has 0 aliphatic heterocycles. The zero-order valence-corrected chi connectivity index (χ0v) is 15.1. The molecule has 0 aromatic heterocycles. The molecule has 0 aliphatic rings. The van der Waals surface area contributed by atoms with Crippen LogP contribution in [0.25, 0.3) is 0 Å². The topological polar surface area (TPSA) is 0 Å². The molecule has 0 spiro atoms. The van der Waals surface area contributed by atoms with Crippen LogP contribution in [-0.2, 0) is 12.8 Å². The molecule has 0 radical (unpaired) electrons. The Kier molecular flexibility index (Phi) is 5.49. The van der Waals surface area contributed by atoms with E-state index < -0.39 is 34.9 Å². The van der Waals surface area contributed by atoms with Gasteiger partial charge in [-0.15, -0.1) is 0 Å². The van der Waals surface area contributed by atoms with Crippen LogP contribution in [0.4, 0.5) is 26.3 Å². The van der Waals surface area contributed by atoms with Crippen molar-refractivity contribution in [1.82, 2.24) is 0 Å². The minimum absolute atomic E-state index is 0.0432. The molecular formula is C22H16F6. The third-order valence-corrected chi connectivity index (χ3v) is 4.59. The molecule has 6 heteroatoms. The van der Waals surface area contributed by atoms with Crippen LogP contribution >= 0.6 is 0 Å². The van der Waals surface area contributed by atoms with Crippen molar-refractivity contribution >= 4 is 0 Å². The van der Waals surface area contributed by atoms with Crippen LogP contribution in [0, 0.1) is 48.8 Å². The Hall–Kier alpha value is -2.76. The summed E-state index contributed by atoms with van der Waals surface area (Å²) in [6.45, 7) is 2.79. The van der Waals surface area contributed by atoms with Gasteiger partial charge in [0.2, 0.25) is 0 Å². The Balaban J connectivity index is 1.92. The lowest BCUT2D eigenvalue weighted by atomic mass is 9.97. The molecule has 0 nitrogen and oxygen atoms in total. The highest BCUT2D eigenvalue weighted by Gasteiger charge is 2.17. The fourth-order valence-electron chi connectivity index (χ4n) is 3.03. The van der Waals surface area contributed by atoms with E-state index in [1.807, 2.05) is 0 Å². The van der Waals surface area contributed by atoms with E-state index in [4.69, 9.17) is 0 Å². The Morgan fingerprint density at radius 1 is 0.500 bits per heavy atom. The van der Waals surface area contributed by atoms with E-state index in [1.165, 1.54) is 13.8 Å². The van der Waals surface area contributed by atoms with E-state index in [0.717, 1.165) is 36.4 Å². The Bertz CT molecular complexity index is 986. The highest BCUT2D eigenvalue weighted by Crippen LogP contribution is 2.25. The van der Waals surface area contributed by atoms with Gasteiger partial charge in [0.1, 0.15) is 34.9 Å². The average Bonchev–Trinajstić information content (AvgIpc) is 2.59. The summed E-state index contributed by atoms with van der Waals surface area (Å²) in [6, 6.07) is 6.25. The number of rotatable bonds is 4. The van der Waals surface area contributed by atoms with Crippen molar-refractivity contribution in [3.05, 3.63) is 105 Å². The van der Waals surface area contributed by atoms with Gasteiger partial charge in [-0.3, -0.25) is 0 Å². The van der Waals surface area contributed by atoms with Gasteiger partial charge in [-0.05, 0) is 66.9 Å². The van der Waals surface area contributed by atoms with Gasteiger partial charge >= 0.3 is 0 Å². The zero-order chi connectivity index (χ0) is 20.6. The highest BCUT2D eigenvalue weighted by molar-refractivity contribution is 5.36. The van der Waals surface area contributed by atoms with Crippen LogP contribution in [0.2, 0.25) is 0 Å². The smallest absolute Gasteiger partial charge is 0.129 e. The van der Waals surface area contributed by atoms with E-state index in [1.54, 1.807) is 0 Å². The monoisotopic (exact) mass is 394 g/mol. The predicted octanol–water partition coefficient (Wildman–Crippen LogP) is 6.32. The minimum atomic E-state index is -0.954. The summed E-state index contributed by atoms with van der Waals surface area (Å²) in [5, 5.41) is 0. The third-order valence-electron chi connectivity index (χ3n) is 4.59. The van der Waals surface area contributed by atoms with Gasteiger partial charge in [-0.2, -0.15) is 0 Å². The average molecular weight is 394 g/mol. The molecule has 0 saturated heterocycles. The van der Waals surface area contributed by atoms with E-state index in [2.05, 4.69) is 0 Å². The lowest BCUT2D eigenvalue weighted by molar-refractivity contribution is 0.547. The first-order chi connectivity index (χ1) is 13.2. The van der Waals surface area contributed by atoms with Crippen molar-refractivity contribution < 1.29 is 26.3 Å². The molecule has 0 aliphatic carbocycles. The summed E-state index contributed by atoms with van der Waals surface area (Å²) in [7, 11) is 0. The summed E-state index contributed by atoms with van der Waals surface area (Å²) in [4.78, 5) is 0. The van der Waals surface area contributed by atoms with Gasteiger partial charge in [0.05, 0.1) is 0 Å². The maximum Gasteiger partial charge on any atom is 0.129 e. The quantitative estimate of drug-likeness (QED) is 0.454. The number of benzene rings is 3. The molecule has 0 amide bonds. The summed E-state index contributed by atoms with van der Waals surface area (Å²) in [6.07, 6.45) is -0.695. The molecule has 146 valence electrons. The highest BCUT2D eigenvalue weighted by atomic mass is 19.2. The van der Waals surface area contributed by atoms with Crippen LogP contribution in [0.5, 0.6) is 0 Å². The van der Waals surface area contributed by atoms with Crippen LogP contribution < -0.4 is 0 Å². The van der Waals surface area contributed by atoms with E-state index in [0.29, 0.717) is 5.56 Å². The molecule has 0 atom stereocenters. The molecule has 0 unspecified atom stereocenters. The summed E-state index contributed by atoms with van der Waals surface area (Å²) in [5.74, 6) is -5.12. The van der Waals surface area contributed by atoms with Gasteiger partial charge in [0.25, 0.3) is 0 Å². The lowest BCUT2D eigenvalue weighted by Crippen LogP contribution is -2.04. The Labute approximate surface area is 158 Å². The first kappa shape index (κ1) is 20.0. The van der Waals surface area contributed by atoms with Gasteiger partial charge in [-0.25, -0.2) is 26.3 Å². The molecule has 0 heterocycles. The molecule has 3 aromatic carbocycles. The molecule has 3 rings (SSSR count). The predicted molar refractivity (Wildman–Crippen MR) is 94.2 cm³/mol. The largest absolute Gasteiger partial charge is 0.207 e. The van der Waals surface area contributed by atoms with E-state index >= 15 is 0 Å². The second-order valence-electron chi connectivity index (χ2n) is 6.78. The molecule has 0 fully saturated rings. The first-order valence-corrected chi connectivity index (χ1v) is 8.51. The lowest BCUT2D eigenvalue weighted by Gasteiger charge is -2.11. The molecule has 0 saturated carbocycles. The third kappa shape index (κ3) is 4.06. The standard InChI is InChI=1S/C22H16F6/c1-11-3-19(25)15(20(26)4-11)6-14-9-21(27)16(22(28)10-14)5-13-7-17(23)12(2)18(24)8-13/h3-4,7-10H,5-6H2,1-2H3. The number of hydrogen-bond acceptors (Lipinski definition) is 0. The van der Waals surface area contributed by atoms with Crippen molar-refractivity contribution in [1.29, 1.82) is 0 Å². The number of hydrogen-bond donors (Lipinski definition) is 0. The Morgan fingerprint density at radius 3 is 1.21 bits per heavy atom. The maximum absolute atomic E-state index is 14.4. The Morgan fingerprint density at radius 2 is 0.821 bits per heavy atom. The normalized spacial score (nSPS) is 11.1. The van der Waals surface area contributed by atoms with E-state index in [9.17, 15) is 26.3 Å². The van der Waals surface area contributed by atoms with Gasteiger partial charge in [0, 0.05) is 29.5 Å². The van der Waals surface area contributed by atoms with Gasteiger partial charge in [-0.1, -0.05) is 0 Å². The summed E-state index contributed by atoms with van der Waals surface area (Å²) >= 11 is 0. The van der Waals surface area contributed by atoms with Gasteiger partial charge in [0.15, 0.2) is 0 Å². The summed E-state index contributed by atoms with van der Waals surface area (Å²) < 4.78 is 84.1. The number of aryl methyl sites for hydroxylation is 1. The maximum atomic E-state index is 14.4. The second kappa shape index (κ2) is 7.70. The van der Waals surface area contributed by atoms with Crippen molar-refractivity contribution in [2.75, 3.05) is 0 Å². The molecule has 28 heavy (non-hydrogen) atoms. The van der Waals surface area contributed by atoms with Crippen LogP contribution in [-0.4, -0.2) is 0 Å². The van der Waals surface area contributed by atoms with Crippen molar-refractivity contribution in [3.8, 4) is 0 Å². The molecule has 0 bridgehead atoms. The summed E-state index contributed by atoms with van der Waals surface area (Å²) in [5.41, 5.74) is -0.342. The van der Waals surface area contributed by atoms with Crippen LogP contribution in [0.1, 0.15) is 33.4 Å². The second-order valence-corrected chi connectivity index (χ2v) is 6.78. The van der Waals surface area contributed by atoms with Crippen LogP contribution in [0.15, 0.2) is 36.4 Å². The number of halogens is 6.